The Labute approximate surface area is 148 Å². The Morgan fingerprint density at radius 2 is 1.92 bits per heavy atom. The highest BCUT2D eigenvalue weighted by Crippen LogP contribution is 2.23. The summed E-state index contributed by atoms with van der Waals surface area (Å²) in [6.07, 6.45) is 8.63. The number of carbonyl (C=O) groups is 2. The maximum absolute atomic E-state index is 11.9. The molecular formula is C18H26N4O3. The second-order valence-corrected chi connectivity index (χ2v) is 6.65. The largest absolute Gasteiger partial charge is 0.474 e. The summed E-state index contributed by atoms with van der Waals surface area (Å²) in [5.41, 5.74) is 0.920. The third-order valence-corrected chi connectivity index (χ3v) is 4.70. The quantitative estimate of drug-likeness (QED) is 0.823. The molecule has 2 heterocycles. The van der Waals surface area contributed by atoms with E-state index in [1.807, 2.05) is 12.1 Å². The fourth-order valence-electron chi connectivity index (χ4n) is 3.28. The van der Waals surface area contributed by atoms with E-state index in [1.54, 1.807) is 11.1 Å². The van der Waals surface area contributed by atoms with Crippen LogP contribution in [0.2, 0.25) is 0 Å². The molecule has 0 spiro atoms. The van der Waals surface area contributed by atoms with Crippen LogP contribution in [0.5, 0.6) is 5.88 Å². The number of hydrogen-bond acceptors (Lipinski definition) is 4. The van der Waals surface area contributed by atoms with Crippen molar-refractivity contribution in [3.05, 3.63) is 23.9 Å². The number of aromatic nitrogens is 1. The minimum absolute atomic E-state index is 0.0242. The average Bonchev–Trinajstić information content (AvgIpc) is 3.32. The van der Waals surface area contributed by atoms with Gasteiger partial charge in [-0.15, -0.1) is 0 Å². The molecule has 7 nitrogen and oxygen atoms in total. The summed E-state index contributed by atoms with van der Waals surface area (Å²) >= 11 is 0. The van der Waals surface area contributed by atoms with Crippen molar-refractivity contribution in [2.24, 2.45) is 0 Å². The van der Waals surface area contributed by atoms with Crippen LogP contribution in [0, 0.1) is 0 Å². The first kappa shape index (κ1) is 17.5. The standard InChI is InChI=1S/C18H26N4O3/c23-17(22-9-3-4-10-22)13-21-18(24)20-12-14-7-8-19-16(11-14)25-15-5-1-2-6-15/h7-8,11,15H,1-6,9-10,12-13H2,(H2,20,21,24). The molecule has 1 saturated carbocycles. The first-order valence-corrected chi connectivity index (χ1v) is 9.12. The van der Waals surface area contributed by atoms with Crippen LogP contribution in [0.1, 0.15) is 44.1 Å². The van der Waals surface area contributed by atoms with Crippen LogP contribution in [0.25, 0.3) is 0 Å². The Morgan fingerprint density at radius 1 is 1.16 bits per heavy atom. The highest BCUT2D eigenvalue weighted by Gasteiger charge is 2.18. The van der Waals surface area contributed by atoms with Crippen molar-refractivity contribution < 1.29 is 14.3 Å². The summed E-state index contributed by atoms with van der Waals surface area (Å²) < 4.78 is 5.87. The number of amides is 3. The third-order valence-electron chi connectivity index (χ3n) is 4.70. The molecule has 3 amide bonds. The fourth-order valence-corrected chi connectivity index (χ4v) is 3.28. The molecule has 136 valence electrons. The van der Waals surface area contributed by atoms with E-state index in [0.717, 1.165) is 44.3 Å². The van der Waals surface area contributed by atoms with Gasteiger partial charge in [-0.25, -0.2) is 9.78 Å². The van der Waals surface area contributed by atoms with Crippen LogP contribution < -0.4 is 15.4 Å². The smallest absolute Gasteiger partial charge is 0.315 e. The Bertz CT molecular complexity index is 596. The van der Waals surface area contributed by atoms with Crippen molar-refractivity contribution in [3.63, 3.8) is 0 Å². The fraction of sp³-hybridized carbons (Fsp3) is 0.611. The van der Waals surface area contributed by atoms with E-state index in [-0.39, 0.29) is 24.6 Å². The Morgan fingerprint density at radius 3 is 2.68 bits per heavy atom. The Balaban J connectivity index is 1.39. The minimum Gasteiger partial charge on any atom is -0.474 e. The molecule has 2 N–H and O–H groups in total. The van der Waals surface area contributed by atoms with Gasteiger partial charge >= 0.3 is 6.03 Å². The summed E-state index contributed by atoms with van der Waals surface area (Å²) in [5.74, 6) is 0.583. The minimum atomic E-state index is -0.345. The number of urea groups is 1. The van der Waals surface area contributed by atoms with Crippen molar-refractivity contribution in [1.82, 2.24) is 20.5 Å². The van der Waals surface area contributed by atoms with Crippen molar-refractivity contribution >= 4 is 11.9 Å². The summed E-state index contributed by atoms with van der Waals surface area (Å²) in [6.45, 7) is 2.00. The molecule has 0 atom stereocenters. The number of likely N-dealkylation sites (tertiary alicyclic amines) is 1. The highest BCUT2D eigenvalue weighted by molar-refractivity contribution is 5.84. The monoisotopic (exact) mass is 346 g/mol. The van der Waals surface area contributed by atoms with E-state index >= 15 is 0 Å². The number of rotatable bonds is 6. The van der Waals surface area contributed by atoms with Gasteiger partial charge in [0.1, 0.15) is 6.10 Å². The molecule has 7 heteroatoms. The summed E-state index contributed by atoms with van der Waals surface area (Å²) in [5, 5.41) is 5.38. The molecule has 1 saturated heterocycles. The van der Waals surface area contributed by atoms with Crippen LogP contribution in [0.3, 0.4) is 0 Å². The average molecular weight is 346 g/mol. The zero-order valence-electron chi connectivity index (χ0n) is 14.5. The Hall–Kier alpha value is -2.31. The predicted molar refractivity (Wildman–Crippen MR) is 93.2 cm³/mol. The molecule has 25 heavy (non-hydrogen) atoms. The van der Waals surface area contributed by atoms with Crippen molar-refractivity contribution in [2.75, 3.05) is 19.6 Å². The zero-order chi connectivity index (χ0) is 17.5. The lowest BCUT2D eigenvalue weighted by molar-refractivity contribution is -0.128. The molecule has 3 rings (SSSR count). The van der Waals surface area contributed by atoms with E-state index in [1.165, 1.54) is 12.8 Å². The van der Waals surface area contributed by atoms with Crippen LogP contribution in [0.15, 0.2) is 18.3 Å². The third kappa shape index (κ3) is 5.34. The molecule has 0 unspecified atom stereocenters. The number of ether oxygens (including phenoxy) is 1. The SMILES string of the molecule is O=C(NCC(=O)N1CCCC1)NCc1ccnc(OC2CCCC2)c1. The molecule has 0 radical (unpaired) electrons. The lowest BCUT2D eigenvalue weighted by atomic mass is 10.2. The van der Waals surface area contributed by atoms with Crippen molar-refractivity contribution in [2.45, 2.75) is 51.2 Å². The van der Waals surface area contributed by atoms with Crippen molar-refractivity contribution in [1.29, 1.82) is 0 Å². The molecule has 1 aromatic heterocycles. The maximum atomic E-state index is 11.9. The summed E-state index contributed by atoms with van der Waals surface area (Å²) in [4.78, 5) is 29.8. The molecule has 1 aliphatic heterocycles. The van der Waals surface area contributed by atoms with E-state index < -0.39 is 0 Å². The molecule has 1 aliphatic carbocycles. The number of nitrogens with zero attached hydrogens (tertiary/aromatic N) is 2. The van der Waals surface area contributed by atoms with Gasteiger partial charge < -0.3 is 20.3 Å². The predicted octanol–water partition coefficient (Wildman–Crippen LogP) is 1.82. The van der Waals surface area contributed by atoms with Gasteiger partial charge in [0.15, 0.2) is 0 Å². The second-order valence-electron chi connectivity index (χ2n) is 6.65. The van der Waals surface area contributed by atoms with Gasteiger partial charge in [0, 0.05) is 31.9 Å². The molecule has 0 aromatic carbocycles. The maximum Gasteiger partial charge on any atom is 0.315 e. The van der Waals surface area contributed by atoms with Gasteiger partial charge in [-0.1, -0.05) is 0 Å². The van der Waals surface area contributed by atoms with Crippen molar-refractivity contribution in [3.8, 4) is 5.88 Å². The highest BCUT2D eigenvalue weighted by atomic mass is 16.5. The lowest BCUT2D eigenvalue weighted by Crippen LogP contribution is -2.42. The molecule has 0 bridgehead atoms. The normalized spacial score (nSPS) is 17.5. The molecule has 2 fully saturated rings. The van der Waals surface area contributed by atoms with Gasteiger partial charge in [0.2, 0.25) is 11.8 Å². The van der Waals surface area contributed by atoms with E-state index in [9.17, 15) is 9.59 Å². The Kier molecular flexibility index (Phi) is 6.09. The second kappa shape index (κ2) is 8.69. The number of nitrogens with one attached hydrogen (secondary N) is 2. The van der Waals surface area contributed by atoms with Gasteiger partial charge in [-0.3, -0.25) is 4.79 Å². The van der Waals surface area contributed by atoms with Gasteiger partial charge in [-0.05, 0) is 50.2 Å². The van der Waals surface area contributed by atoms with Gasteiger partial charge in [0.25, 0.3) is 0 Å². The van der Waals surface area contributed by atoms with Gasteiger partial charge in [-0.2, -0.15) is 0 Å². The first-order chi connectivity index (χ1) is 12.2. The first-order valence-electron chi connectivity index (χ1n) is 9.12. The molecular weight excluding hydrogens is 320 g/mol. The molecule has 2 aliphatic rings. The van der Waals surface area contributed by atoms with Gasteiger partial charge in [0.05, 0.1) is 6.54 Å². The van der Waals surface area contributed by atoms with E-state index in [2.05, 4.69) is 15.6 Å². The number of pyridine rings is 1. The number of carbonyl (C=O) groups excluding carboxylic acids is 2. The molecule has 1 aromatic rings. The number of hydrogen-bond donors (Lipinski definition) is 2. The van der Waals surface area contributed by atoms with E-state index in [4.69, 9.17) is 4.74 Å². The summed E-state index contributed by atoms with van der Waals surface area (Å²) in [6, 6.07) is 3.35. The lowest BCUT2D eigenvalue weighted by Gasteiger charge is -2.16. The topological polar surface area (TPSA) is 83.6 Å². The summed E-state index contributed by atoms with van der Waals surface area (Å²) in [7, 11) is 0. The van der Waals surface area contributed by atoms with Crippen LogP contribution in [-0.4, -0.2) is 47.6 Å². The van der Waals surface area contributed by atoms with E-state index in [0.29, 0.717) is 12.4 Å². The van der Waals surface area contributed by atoms with Crippen LogP contribution >= 0.6 is 0 Å². The van der Waals surface area contributed by atoms with Crippen LogP contribution in [0.4, 0.5) is 4.79 Å². The van der Waals surface area contributed by atoms with Crippen LogP contribution in [-0.2, 0) is 11.3 Å². The zero-order valence-corrected chi connectivity index (χ0v) is 14.5.